The Kier molecular flexibility index (Phi) is 4.58. The molecule has 1 unspecified atom stereocenters. The molecule has 2 N–H and O–H groups in total. The zero-order valence-corrected chi connectivity index (χ0v) is 16.0. The number of para-hydroxylation sites is 2. The molecule has 0 aromatic heterocycles. The van der Waals surface area contributed by atoms with Crippen molar-refractivity contribution in [3.05, 3.63) is 48.0 Å². The van der Waals surface area contributed by atoms with Gasteiger partial charge in [-0.1, -0.05) is 12.1 Å². The Bertz CT molecular complexity index is 930. The molecule has 1 saturated heterocycles. The maximum absolute atomic E-state index is 12.9. The Hall–Kier alpha value is -3.22. The van der Waals surface area contributed by atoms with E-state index >= 15 is 0 Å². The molecule has 28 heavy (non-hydrogen) atoms. The highest BCUT2D eigenvalue weighted by Crippen LogP contribution is 2.45. The number of hydrogen-bond acceptors (Lipinski definition) is 4. The number of rotatable bonds is 4. The third kappa shape index (κ3) is 2.93. The first-order valence-electron chi connectivity index (χ1n) is 9.35. The van der Waals surface area contributed by atoms with Gasteiger partial charge in [0.05, 0.1) is 24.8 Å². The number of nitrogens with one attached hydrogen (secondary N) is 2. The zero-order valence-electron chi connectivity index (χ0n) is 16.0. The minimum absolute atomic E-state index is 0.0687. The van der Waals surface area contributed by atoms with Crippen LogP contribution in [0.4, 0.5) is 16.2 Å². The summed E-state index contributed by atoms with van der Waals surface area (Å²) < 4.78 is 10.9. The number of amides is 3. The van der Waals surface area contributed by atoms with Gasteiger partial charge in [0.1, 0.15) is 11.5 Å². The number of nitrogens with zero attached hydrogens (tertiary/aromatic N) is 1. The van der Waals surface area contributed by atoms with E-state index in [9.17, 15) is 9.59 Å². The average molecular weight is 381 g/mol. The molecule has 2 aromatic carbocycles. The molecule has 0 aliphatic carbocycles. The highest BCUT2D eigenvalue weighted by molar-refractivity contribution is 6.07. The van der Waals surface area contributed by atoms with Gasteiger partial charge in [0.2, 0.25) is 5.91 Å². The van der Waals surface area contributed by atoms with Crippen molar-refractivity contribution >= 4 is 23.3 Å². The fraction of sp³-hybridized carbons (Fsp3) is 0.333. The topological polar surface area (TPSA) is 79.9 Å². The molecule has 2 aliphatic rings. The van der Waals surface area contributed by atoms with Gasteiger partial charge >= 0.3 is 6.03 Å². The predicted octanol–water partition coefficient (Wildman–Crippen LogP) is 3.22. The molecule has 7 heteroatoms. The summed E-state index contributed by atoms with van der Waals surface area (Å²) >= 11 is 0. The maximum Gasteiger partial charge on any atom is 0.321 e. The van der Waals surface area contributed by atoms with Crippen LogP contribution in [0, 0.1) is 0 Å². The quantitative estimate of drug-likeness (QED) is 0.852. The molecule has 2 aliphatic heterocycles. The van der Waals surface area contributed by atoms with Crippen molar-refractivity contribution in [2.75, 3.05) is 37.4 Å². The van der Waals surface area contributed by atoms with E-state index in [1.54, 1.807) is 18.1 Å². The Morgan fingerprint density at radius 1 is 1.29 bits per heavy atom. The first-order chi connectivity index (χ1) is 13.6. The summed E-state index contributed by atoms with van der Waals surface area (Å²) in [5, 5.41) is 5.85. The molecular weight excluding hydrogens is 358 g/mol. The van der Waals surface area contributed by atoms with Crippen molar-refractivity contribution in [1.82, 2.24) is 4.90 Å². The van der Waals surface area contributed by atoms with E-state index in [1.807, 2.05) is 43.3 Å². The van der Waals surface area contributed by atoms with Crippen molar-refractivity contribution in [3.8, 4) is 11.5 Å². The molecule has 7 nitrogen and oxygen atoms in total. The van der Waals surface area contributed by atoms with Gasteiger partial charge in [-0.15, -0.1) is 0 Å². The van der Waals surface area contributed by atoms with Crippen LogP contribution in [0.2, 0.25) is 0 Å². The van der Waals surface area contributed by atoms with Crippen LogP contribution in [-0.4, -0.2) is 43.6 Å². The lowest BCUT2D eigenvalue weighted by molar-refractivity contribution is -0.120. The molecule has 3 amide bonds. The molecule has 0 saturated carbocycles. The Labute approximate surface area is 163 Å². The second-order valence-electron chi connectivity index (χ2n) is 6.98. The molecule has 4 rings (SSSR count). The molecule has 1 spiro atoms. The fourth-order valence-corrected chi connectivity index (χ4v) is 3.95. The fourth-order valence-electron chi connectivity index (χ4n) is 3.95. The number of hydrogen-bond donors (Lipinski definition) is 2. The first-order valence-corrected chi connectivity index (χ1v) is 9.35. The normalized spacial score (nSPS) is 20.1. The lowest BCUT2D eigenvalue weighted by Gasteiger charge is -2.23. The molecule has 1 atom stereocenters. The van der Waals surface area contributed by atoms with E-state index in [-0.39, 0.29) is 11.9 Å². The van der Waals surface area contributed by atoms with Gasteiger partial charge in [-0.05, 0) is 49.2 Å². The summed E-state index contributed by atoms with van der Waals surface area (Å²) in [7, 11) is 1.60. The SMILES string of the molecule is CCOc1ccccc1NC(=O)N1CCC2(C1)C(=O)Nc1ccc(OC)cc12. The van der Waals surface area contributed by atoms with Crippen molar-refractivity contribution in [2.24, 2.45) is 0 Å². The van der Waals surface area contributed by atoms with E-state index in [1.165, 1.54) is 0 Å². The monoisotopic (exact) mass is 381 g/mol. The van der Waals surface area contributed by atoms with Gasteiger partial charge in [0, 0.05) is 18.8 Å². The van der Waals surface area contributed by atoms with E-state index in [0.717, 1.165) is 11.3 Å². The van der Waals surface area contributed by atoms with E-state index < -0.39 is 5.41 Å². The van der Waals surface area contributed by atoms with E-state index in [0.29, 0.717) is 43.3 Å². The van der Waals surface area contributed by atoms with E-state index in [2.05, 4.69) is 10.6 Å². The smallest absolute Gasteiger partial charge is 0.321 e. The molecule has 1 fully saturated rings. The minimum atomic E-state index is -0.735. The van der Waals surface area contributed by atoms with Crippen molar-refractivity contribution in [3.63, 3.8) is 0 Å². The molecular formula is C21H23N3O4. The largest absolute Gasteiger partial charge is 0.497 e. The highest BCUT2D eigenvalue weighted by Gasteiger charge is 2.52. The molecule has 2 heterocycles. The van der Waals surface area contributed by atoms with Crippen molar-refractivity contribution in [2.45, 2.75) is 18.8 Å². The molecule has 0 radical (unpaired) electrons. The van der Waals surface area contributed by atoms with Crippen molar-refractivity contribution in [1.29, 1.82) is 0 Å². The third-order valence-corrected chi connectivity index (χ3v) is 5.41. The van der Waals surface area contributed by atoms with Crippen LogP contribution >= 0.6 is 0 Å². The average Bonchev–Trinajstić information content (AvgIpc) is 3.27. The van der Waals surface area contributed by atoms with Crippen LogP contribution in [-0.2, 0) is 10.2 Å². The second-order valence-corrected chi connectivity index (χ2v) is 6.98. The Morgan fingerprint density at radius 3 is 2.89 bits per heavy atom. The maximum atomic E-state index is 12.9. The number of benzene rings is 2. The van der Waals surface area contributed by atoms with Crippen LogP contribution in [0.5, 0.6) is 11.5 Å². The molecule has 146 valence electrons. The summed E-state index contributed by atoms with van der Waals surface area (Å²) in [6, 6.07) is 12.6. The van der Waals surface area contributed by atoms with E-state index in [4.69, 9.17) is 9.47 Å². The third-order valence-electron chi connectivity index (χ3n) is 5.41. The zero-order chi connectivity index (χ0) is 19.7. The number of likely N-dealkylation sites (tertiary alicyclic amines) is 1. The summed E-state index contributed by atoms with van der Waals surface area (Å²) in [5.41, 5.74) is 1.56. The number of carbonyl (C=O) groups excluding carboxylic acids is 2. The van der Waals surface area contributed by atoms with Crippen LogP contribution < -0.4 is 20.1 Å². The van der Waals surface area contributed by atoms with Gasteiger partial charge in [-0.2, -0.15) is 0 Å². The Balaban J connectivity index is 1.55. The van der Waals surface area contributed by atoms with Crippen LogP contribution in [0.15, 0.2) is 42.5 Å². The van der Waals surface area contributed by atoms with Crippen LogP contribution in [0.3, 0.4) is 0 Å². The summed E-state index contributed by atoms with van der Waals surface area (Å²) in [6.45, 7) is 3.22. The molecule has 2 aromatic rings. The van der Waals surface area contributed by atoms with Gasteiger partial charge < -0.3 is 25.0 Å². The first kappa shape index (κ1) is 18.2. The highest BCUT2D eigenvalue weighted by atomic mass is 16.5. The number of methoxy groups -OCH3 is 1. The second kappa shape index (κ2) is 7.07. The number of urea groups is 1. The summed E-state index contributed by atoms with van der Waals surface area (Å²) in [4.78, 5) is 27.3. The Morgan fingerprint density at radius 2 is 2.11 bits per heavy atom. The van der Waals surface area contributed by atoms with Crippen LogP contribution in [0.1, 0.15) is 18.9 Å². The lowest BCUT2D eigenvalue weighted by atomic mass is 9.81. The number of ether oxygens (including phenoxy) is 2. The number of anilines is 2. The van der Waals surface area contributed by atoms with Crippen LogP contribution in [0.25, 0.3) is 0 Å². The molecule has 0 bridgehead atoms. The number of fused-ring (bicyclic) bond motifs is 2. The van der Waals surface area contributed by atoms with Gasteiger partial charge in [0.15, 0.2) is 0 Å². The standard InChI is InChI=1S/C21H23N3O4/c1-3-28-18-7-5-4-6-17(18)23-20(26)24-11-10-21(13-24)15-12-14(27-2)8-9-16(15)22-19(21)25/h4-9,12H,3,10-11,13H2,1-2H3,(H,22,25)(H,23,26). The van der Waals surface area contributed by atoms with Crippen molar-refractivity contribution < 1.29 is 19.1 Å². The van der Waals surface area contributed by atoms with Gasteiger partial charge in [-0.3, -0.25) is 4.79 Å². The van der Waals surface area contributed by atoms with Gasteiger partial charge in [0.25, 0.3) is 0 Å². The summed E-state index contributed by atoms with van der Waals surface area (Å²) in [5.74, 6) is 1.25. The predicted molar refractivity (Wildman–Crippen MR) is 106 cm³/mol. The lowest BCUT2D eigenvalue weighted by Crippen LogP contribution is -2.40. The summed E-state index contributed by atoms with van der Waals surface area (Å²) in [6.07, 6.45) is 0.569. The van der Waals surface area contributed by atoms with Gasteiger partial charge in [-0.25, -0.2) is 4.79 Å². The number of carbonyl (C=O) groups is 2. The minimum Gasteiger partial charge on any atom is -0.497 e.